The summed E-state index contributed by atoms with van der Waals surface area (Å²) >= 11 is 12.2. The van der Waals surface area contributed by atoms with Gasteiger partial charge in [-0.25, -0.2) is 4.98 Å². The molecule has 0 spiro atoms. The van der Waals surface area contributed by atoms with Gasteiger partial charge in [-0.05, 0) is 71.7 Å². The zero-order valence-corrected chi connectivity index (χ0v) is 21.9. The van der Waals surface area contributed by atoms with Crippen molar-refractivity contribution in [2.24, 2.45) is 5.92 Å². The molecule has 4 rings (SSSR count). The number of hydrogen-bond acceptors (Lipinski definition) is 8. The van der Waals surface area contributed by atoms with Gasteiger partial charge in [0.05, 0.1) is 22.6 Å². The minimum absolute atomic E-state index is 0.0104. The predicted octanol–water partition coefficient (Wildman–Crippen LogP) is 6.73. The number of esters is 1. The second kappa shape index (κ2) is 11.3. The van der Waals surface area contributed by atoms with Crippen LogP contribution in [0, 0.1) is 5.92 Å². The third-order valence-electron chi connectivity index (χ3n) is 4.87. The molecule has 2 heterocycles. The summed E-state index contributed by atoms with van der Waals surface area (Å²) in [6.45, 7) is 9.49. The first-order valence-electron chi connectivity index (χ1n) is 11.3. The van der Waals surface area contributed by atoms with Crippen molar-refractivity contribution in [3.05, 3.63) is 40.5 Å². The van der Waals surface area contributed by atoms with Crippen LogP contribution in [0.15, 0.2) is 35.0 Å². The average Bonchev–Trinajstić information content (AvgIpc) is 3.17. The van der Waals surface area contributed by atoms with Crippen LogP contribution in [0.1, 0.15) is 53.9 Å². The van der Waals surface area contributed by atoms with E-state index in [4.69, 9.17) is 37.2 Å². The van der Waals surface area contributed by atoms with Crippen LogP contribution in [-0.4, -0.2) is 37.9 Å². The first-order valence-corrected chi connectivity index (χ1v) is 12.1. The van der Waals surface area contributed by atoms with Crippen LogP contribution in [0.5, 0.6) is 11.6 Å². The molecule has 0 saturated heterocycles. The van der Waals surface area contributed by atoms with E-state index >= 15 is 0 Å². The molecule has 0 radical (unpaired) electrons. The molecule has 1 N–H and O–H groups in total. The SMILES string of the molecule is CC(C)(C)OC(=O)C1CCC1.CC(C)Oc1ncc(-c2nc(-c3ccc(O)cc3Cl)no2)cc1Cl. The van der Waals surface area contributed by atoms with E-state index in [0.29, 0.717) is 32.9 Å². The Balaban J connectivity index is 0.000000261. The molecule has 2 aromatic heterocycles. The van der Waals surface area contributed by atoms with E-state index in [1.165, 1.54) is 18.6 Å². The number of halogens is 2. The molecule has 35 heavy (non-hydrogen) atoms. The molecule has 0 bridgehead atoms. The predicted molar refractivity (Wildman–Crippen MR) is 134 cm³/mol. The zero-order valence-electron chi connectivity index (χ0n) is 20.3. The summed E-state index contributed by atoms with van der Waals surface area (Å²) < 4.78 is 15.9. The number of benzene rings is 1. The molecule has 1 aliphatic carbocycles. The van der Waals surface area contributed by atoms with Gasteiger partial charge in [0, 0.05) is 11.8 Å². The summed E-state index contributed by atoms with van der Waals surface area (Å²) in [5, 5.41) is 14.0. The second-order valence-electron chi connectivity index (χ2n) is 9.43. The monoisotopic (exact) mass is 521 g/mol. The number of aromatic hydroxyl groups is 1. The number of carbonyl (C=O) groups excluding carboxylic acids is 1. The molecular formula is C25H29Cl2N3O5. The quantitative estimate of drug-likeness (QED) is 0.368. The number of hydrogen-bond donors (Lipinski definition) is 1. The fraction of sp³-hybridized carbons (Fsp3) is 0.440. The highest BCUT2D eigenvalue weighted by Crippen LogP contribution is 2.32. The van der Waals surface area contributed by atoms with Crippen molar-refractivity contribution in [2.75, 3.05) is 0 Å². The molecule has 0 unspecified atom stereocenters. The van der Waals surface area contributed by atoms with E-state index in [-0.39, 0.29) is 35.2 Å². The number of ether oxygens (including phenoxy) is 2. The minimum atomic E-state index is -0.313. The summed E-state index contributed by atoms with van der Waals surface area (Å²) in [5.74, 6) is 1.15. The second-order valence-corrected chi connectivity index (χ2v) is 10.2. The van der Waals surface area contributed by atoms with Crippen molar-refractivity contribution >= 4 is 29.2 Å². The minimum Gasteiger partial charge on any atom is -0.508 e. The van der Waals surface area contributed by atoms with Gasteiger partial charge in [0.1, 0.15) is 16.4 Å². The van der Waals surface area contributed by atoms with Crippen molar-refractivity contribution < 1.29 is 23.9 Å². The van der Waals surface area contributed by atoms with E-state index in [1.807, 2.05) is 34.6 Å². The number of aromatic nitrogens is 3. The maximum Gasteiger partial charge on any atom is 0.309 e. The van der Waals surface area contributed by atoms with Crippen molar-refractivity contribution in [3.63, 3.8) is 0 Å². The van der Waals surface area contributed by atoms with Gasteiger partial charge in [0.25, 0.3) is 5.89 Å². The van der Waals surface area contributed by atoms with Gasteiger partial charge in [0.15, 0.2) is 0 Å². The lowest BCUT2D eigenvalue weighted by Crippen LogP contribution is -2.31. The van der Waals surface area contributed by atoms with Crippen LogP contribution in [0.2, 0.25) is 10.0 Å². The molecule has 1 saturated carbocycles. The number of phenols is 1. The van der Waals surface area contributed by atoms with Gasteiger partial charge in [-0.3, -0.25) is 4.79 Å². The molecule has 1 fully saturated rings. The molecule has 188 valence electrons. The van der Waals surface area contributed by atoms with E-state index in [9.17, 15) is 9.90 Å². The van der Waals surface area contributed by atoms with Crippen LogP contribution >= 0.6 is 23.2 Å². The topological polar surface area (TPSA) is 108 Å². The van der Waals surface area contributed by atoms with Crippen LogP contribution in [0.3, 0.4) is 0 Å². The van der Waals surface area contributed by atoms with Gasteiger partial charge in [-0.15, -0.1) is 0 Å². The Kier molecular flexibility index (Phi) is 8.61. The van der Waals surface area contributed by atoms with E-state index in [1.54, 1.807) is 18.3 Å². The van der Waals surface area contributed by atoms with E-state index in [2.05, 4.69) is 15.1 Å². The highest BCUT2D eigenvalue weighted by molar-refractivity contribution is 6.33. The number of pyridine rings is 1. The smallest absolute Gasteiger partial charge is 0.309 e. The van der Waals surface area contributed by atoms with Crippen molar-refractivity contribution in [3.8, 4) is 34.5 Å². The maximum atomic E-state index is 11.2. The Hall–Kier alpha value is -2.84. The van der Waals surface area contributed by atoms with Gasteiger partial charge in [-0.1, -0.05) is 34.8 Å². The molecule has 0 atom stereocenters. The molecule has 1 aromatic carbocycles. The van der Waals surface area contributed by atoms with Gasteiger partial charge in [0.2, 0.25) is 11.7 Å². The maximum absolute atomic E-state index is 11.2. The van der Waals surface area contributed by atoms with Gasteiger partial charge in [-0.2, -0.15) is 4.98 Å². The molecular weight excluding hydrogens is 493 g/mol. The van der Waals surface area contributed by atoms with Crippen molar-refractivity contribution in [2.45, 2.75) is 65.6 Å². The Bertz CT molecular complexity index is 1170. The largest absolute Gasteiger partial charge is 0.508 e. The highest BCUT2D eigenvalue weighted by atomic mass is 35.5. The Morgan fingerprint density at radius 3 is 2.43 bits per heavy atom. The number of nitrogens with zero attached hydrogens (tertiary/aromatic N) is 3. The normalized spacial score (nSPS) is 13.6. The lowest BCUT2D eigenvalue weighted by Gasteiger charge is -2.28. The third-order valence-corrected chi connectivity index (χ3v) is 5.45. The lowest BCUT2D eigenvalue weighted by atomic mass is 9.85. The Labute approximate surface area is 214 Å². The molecule has 8 nitrogen and oxygen atoms in total. The fourth-order valence-electron chi connectivity index (χ4n) is 3.02. The number of phenolic OH excluding ortho intramolecular Hbond substituents is 1. The first kappa shape index (κ1) is 26.8. The Morgan fingerprint density at radius 2 is 1.89 bits per heavy atom. The third kappa shape index (κ3) is 7.57. The molecule has 0 aliphatic heterocycles. The fourth-order valence-corrected chi connectivity index (χ4v) is 3.49. The summed E-state index contributed by atoms with van der Waals surface area (Å²) in [7, 11) is 0. The summed E-state index contributed by atoms with van der Waals surface area (Å²) in [4.78, 5) is 19.7. The van der Waals surface area contributed by atoms with Crippen molar-refractivity contribution in [1.29, 1.82) is 0 Å². The summed E-state index contributed by atoms with van der Waals surface area (Å²) in [5.41, 5.74) is 0.792. The van der Waals surface area contributed by atoms with Crippen LogP contribution in [0.4, 0.5) is 0 Å². The summed E-state index contributed by atoms with van der Waals surface area (Å²) in [6.07, 6.45) is 4.74. The zero-order chi connectivity index (χ0) is 25.8. The summed E-state index contributed by atoms with van der Waals surface area (Å²) in [6, 6.07) is 6.15. The standard InChI is InChI=1S/C16H13Cl2N3O3.C9H16O2/c1-8(2)23-16-13(18)5-9(7-19-16)15-20-14(21-24-15)11-4-3-10(22)6-12(11)17;1-9(2,3)11-8(10)7-5-4-6-7/h3-8,22H,1-2H3;7H,4-6H2,1-3H3. The van der Waals surface area contributed by atoms with E-state index < -0.39 is 0 Å². The lowest BCUT2D eigenvalue weighted by molar-refractivity contribution is -0.162. The van der Waals surface area contributed by atoms with Crippen LogP contribution < -0.4 is 4.74 Å². The molecule has 1 aliphatic rings. The highest BCUT2D eigenvalue weighted by Gasteiger charge is 2.29. The molecule has 3 aromatic rings. The molecule has 0 amide bonds. The average molecular weight is 522 g/mol. The Morgan fingerprint density at radius 1 is 1.17 bits per heavy atom. The van der Waals surface area contributed by atoms with Crippen molar-refractivity contribution in [1.82, 2.24) is 15.1 Å². The first-order chi connectivity index (χ1) is 16.4. The van der Waals surface area contributed by atoms with E-state index in [0.717, 1.165) is 12.8 Å². The van der Waals surface area contributed by atoms with Gasteiger partial charge < -0.3 is 19.1 Å². The number of carbonyl (C=O) groups is 1. The van der Waals surface area contributed by atoms with Crippen LogP contribution in [0.25, 0.3) is 22.8 Å². The molecule has 10 heteroatoms. The van der Waals surface area contributed by atoms with Gasteiger partial charge >= 0.3 is 5.97 Å². The van der Waals surface area contributed by atoms with Crippen LogP contribution in [-0.2, 0) is 9.53 Å². The number of rotatable bonds is 5.